The molecule has 12 heteroatoms. The topological polar surface area (TPSA) is 145 Å². The molecule has 38 heavy (non-hydrogen) atoms. The van der Waals surface area contributed by atoms with Gasteiger partial charge in [-0.2, -0.15) is 4.76 Å². The highest BCUT2D eigenvalue weighted by Gasteiger charge is 2.47. The third kappa shape index (κ3) is 4.53. The summed E-state index contributed by atoms with van der Waals surface area (Å²) in [5.41, 5.74) is -0.149. The van der Waals surface area contributed by atoms with E-state index in [-0.39, 0.29) is 40.1 Å². The Morgan fingerprint density at radius 1 is 1.11 bits per heavy atom. The number of ketones is 1. The number of hydrogen-bond acceptors (Lipinski definition) is 6. The SMILES string of the molecule is CC1(Cc2ccccc2)C(=O)C(C2=NP(=O)(O)c3cc(NS(C)(=O)=O)ccc3N2)=C(O)c2cc(F)ccc21. The van der Waals surface area contributed by atoms with Gasteiger partial charge in [-0.05, 0) is 54.8 Å². The van der Waals surface area contributed by atoms with Gasteiger partial charge in [-0.15, -0.1) is 0 Å². The minimum atomic E-state index is -4.53. The Kier molecular flexibility index (Phi) is 6.05. The van der Waals surface area contributed by atoms with E-state index in [4.69, 9.17) is 0 Å². The maximum absolute atomic E-state index is 14.3. The number of hydrogen-bond donors (Lipinski definition) is 4. The molecular formula is C26H23FN3O6PS. The van der Waals surface area contributed by atoms with Crippen LogP contribution in [0, 0.1) is 5.82 Å². The number of carbonyl (C=O) groups is 1. The molecule has 0 saturated heterocycles. The van der Waals surface area contributed by atoms with Crippen LogP contribution in [-0.2, 0) is 31.2 Å². The number of rotatable bonds is 5. The highest BCUT2D eigenvalue weighted by molar-refractivity contribution is 7.92. The average Bonchev–Trinajstić information content (AvgIpc) is 2.83. The minimum absolute atomic E-state index is 0.0524. The number of Topliss-reactive ketones (excluding diaryl/α,β-unsaturated/α-hetero) is 1. The van der Waals surface area contributed by atoms with Crippen LogP contribution in [0.4, 0.5) is 15.8 Å². The molecule has 196 valence electrons. The third-order valence-electron chi connectivity index (χ3n) is 6.54. The second-order valence-electron chi connectivity index (χ2n) is 9.46. The fourth-order valence-electron chi connectivity index (χ4n) is 4.84. The summed E-state index contributed by atoms with van der Waals surface area (Å²) < 4.78 is 56.9. The average molecular weight is 556 g/mol. The number of halogens is 1. The lowest BCUT2D eigenvalue weighted by Gasteiger charge is -2.36. The van der Waals surface area contributed by atoms with Gasteiger partial charge in [-0.1, -0.05) is 36.4 Å². The summed E-state index contributed by atoms with van der Waals surface area (Å²) in [6, 6.07) is 16.9. The van der Waals surface area contributed by atoms with Crippen molar-refractivity contribution >= 4 is 51.6 Å². The first-order chi connectivity index (χ1) is 17.8. The number of carbonyl (C=O) groups excluding carboxylic acids is 1. The molecule has 1 heterocycles. The number of benzene rings is 3. The summed E-state index contributed by atoms with van der Waals surface area (Å²) in [7, 11) is -8.18. The quantitative estimate of drug-likeness (QED) is 0.350. The lowest BCUT2D eigenvalue weighted by molar-refractivity contribution is -0.120. The van der Waals surface area contributed by atoms with E-state index in [1.165, 1.54) is 30.3 Å². The molecule has 0 amide bonds. The first-order valence-corrected chi connectivity index (χ1v) is 14.9. The Hall–Kier alpha value is -3.79. The lowest BCUT2D eigenvalue weighted by atomic mass is 9.66. The zero-order valence-electron chi connectivity index (χ0n) is 20.3. The number of anilines is 2. The summed E-state index contributed by atoms with van der Waals surface area (Å²) in [4.78, 5) is 24.9. The molecule has 2 atom stereocenters. The number of fused-ring (bicyclic) bond motifs is 2. The Balaban J connectivity index is 1.65. The maximum atomic E-state index is 14.3. The molecule has 0 spiro atoms. The van der Waals surface area contributed by atoms with Crippen molar-refractivity contribution in [3.8, 4) is 0 Å². The molecule has 9 nitrogen and oxygen atoms in total. The van der Waals surface area contributed by atoms with Crippen molar-refractivity contribution in [2.45, 2.75) is 18.8 Å². The van der Waals surface area contributed by atoms with Gasteiger partial charge in [0, 0.05) is 11.3 Å². The van der Waals surface area contributed by atoms with E-state index in [1.807, 2.05) is 30.3 Å². The van der Waals surface area contributed by atoms with Crippen molar-refractivity contribution in [1.82, 2.24) is 0 Å². The molecule has 0 fully saturated rings. The molecule has 3 aromatic carbocycles. The summed E-state index contributed by atoms with van der Waals surface area (Å²) >= 11 is 0. The molecule has 0 aromatic heterocycles. The number of sulfonamides is 1. The van der Waals surface area contributed by atoms with E-state index in [1.54, 1.807) is 6.92 Å². The molecule has 1 aliphatic carbocycles. The van der Waals surface area contributed by atoms with Crippen molar-refractivity contribution in [1.29, 1.82) is 0 Å². The fourth-order valence-corrected chi connectivity index (χ4v) is 6.68. The first-order valence-electron chi connectivity index (χ1n) is 11.4. The second-order valence-corrected chi connectivity index (χ2v) is 13.0. The van der Waals surface area contributed by atoms with Crippen LogP contribution in [0.5, 0.6) is 0 Å². The lowest BCUT2D eigenvalue weighted by Crippen LogP contribution is -2.44. The largest absolute Gasteiger partial charge is 0.506 e. The van der Waals surface area contributed by atoms with E-state index < -0.39 is 40.3 Å². The van der Waals surface area contributed by atoms with Crippen LogP contribution in [0.25, 0.3) is 5.76 Å². The molecule has 0 bridgehead atoms. The van der Waals surface area contributed by atoms with Crippen LogP contribution >= 0.6 is 7.52 Å². The highest BCUT2D eigenvalue weighted by Crippen LogP contribution is 2.49. The first kappa shape index (κ1) is 25.8. The second kappa shape index (κ2) is 8.90. The molecule has 2 aliphatic rings. The summed E-state index contributed by atoms with van der Waals surface area (Å²) in [5.74, 6) is -2.11. The molecule has 4 N–H and O–H groups in total. The molecular weight excluding hydrogens is 532 g/mol. The smallest absolute Gasteiger partial charge is 0.346 e. The molecule has 2 unspecified atom stereocenters. The van der Waals surface area contributed by atoms with Gasteiger partial charge < -0.3 is 15.3 Å². The number of amidine groups is 1. The number of nitrogens with one attached hydrogen (secondary N) is 2. The highest BCUT2D eigenvalue weighted by atomic mass is 32.2. The molecule has 1 aliphatic heterocycles. The van der Waals surface area contributed by atoms with Gasteiger partial charge in [-0.25, -0.2) is 12.8 Å². The minimum Gasteiger partial charge on any atom is -0.506 e. The number of nitrogens with zero attached hydrogens (tertiary/aromatic N) is 1. The Morgan fingerprint density at radius 3 is 2.50 bits per heavy atom. The van der Waals surface area contributed by atoms with Crippen molar-refractivity contribution in [2.75, 3.05) is 16.3 Å². The van der Waals surface area contributed by atoms with Crippen molar-refractivity contribution in [2.24, 2.45) is 4.76 Å². The van der Waals surface area contributed by atoms with Crippen LogP contribution in [-0.4, -0.2) is 36.3 Å². The van der Waals surface area contributed by atoms with Crippen LogP contribution in [0.3, 0.4) is 0 Å². The normalized spacial score (nSPS) is 22.7. The number of aliphatic hydroxyl groups is 1. The summed E-state index contributed by atoms with van der Waals surface area (Å²) in [6.07, 6.45) is 1.15. The standard InChI is InChI=1S/C26H23FN3O6PS/c1-26(14-15-6-4-3-5-7-15)19-10-8-16(27)12-18(19)23(31)22(24(26)32)25-28-20-11-9-17(30-38(2,35)36)13-21(20)37(33,34)29-25/h3-13,30-31H,14H2,1-2H3,(H2,28,29,33,34). The van der Waals surface area contributed by atoms with Gasteiger partial charge in [0.15, 0.2) is 5.78 Å². The van der Waals surface area contributed by atoms with E-state index in [9.17, 15) is 32.2 Å². The molecule has 5 rings (SSSR count). The van der Waals surface area contributed by atoms with E-state index in [2.05, 4.69) is 14.8 Å². The fraction of sp³-hybridized carbons (Fsp3) is 0.154. The molecule has 0 radical (unpaired) electrons. The van der Waals surface area contributed by atoms with Crippen molar-refractivity contribution in [3.63, 3.8) is 0 Å². The number of aliphatic hydroxyl groups excluding tert-OH is 1. The van der Waals surface area contributed by atoms with E-state index in [0.29, 0.717) is 5.56 Å². The Labute approximate surface area is 218 Å². The van der Waals surface area contributed by atoms with Gasteiger partial charge in [0.25, 0.3) is 0 Å². The van der Waals surface area contributed by atoms with E-state index in [0.717, 1.165) is 17.9 Å². The molecule has 3 aromatic rings. The Bertz CT molecular complexity index is 1720. The van der Waals surface area contributed by atoms with Crippen LogP contribution in [0.15, 0.2) is 77.1 Å². The Morgan fingerprint density at radius 2 is 1.82 bits per heavy atom. The van der Waals surface area contributed by atoms with Gasteiger partial charge in [0.05, 0.1) is 22.7 Å². The van der Waals surface area contributed by atoms with Crippen LogP contribution in [0.2, 0.25) is 0 Å². The van der Waals surface area contributed by atoms with Gasteiger partial charge in [-0.3, -0.25) is 14.1 Å². The maximum Gasteiger partial charge on any atom is 0.346 e. The predicted octanol–water partition coefficient (Wildman–Crippen LogP) is 3.88. The van der Waals surface area contributed by atoms with Gasteiger partial charge in [0.2, 0.25) is 10.0 Å². The monoisotopic (exact) mass is 555 g/mol. The summed E-state index contributed by atoms with van der Waals surface area (Å²) in [5, 5.41) is 13.8. The summed E-state index contributed by atoms with van der Waals surface area (Å²) in [6.45, 7) is 1.67. The van der Waals surface area contributed by atoms with Crippen LogP contribution < -0.4 is 15.3 Å². The van der Waals surface area contributed by atoms with Crippen molar-refractivity contribution < 1.29 is 32.2 Å². The van der Waals surface area contributed by atoms with Crippen molar-refractivity contribution in [3.05, 3.63) is 94.8 Å². The van der Waals surface area contributed by atoms with Gasteiger partial charge in [0.1, 0.15) is 23.0 Å². The van der Waals surface area contributed by atoms with E-state index >= 15 is 0 Å². The molecule has 0 saturated carbocycles. The van der Waals surface area contributed by atoms with Gasteiger partial charge >= 0.3 is 7.52 Å². The zero-order valence-corrected chi connectivity index (χ0v) is 22.0. The van der Waals surface area contributed by atoms with Crippen LogP contribution in [0.1, 0.15) is 23.6 Å². The zero-order chi connectivity index (χ0) is 27.5. The third-order valence-corrected chi connectivity index (χ3v) is 8.61. The predicted molar refractivity (Wildman–Crippen MR) is 144 cm³/mol.